The number of methoxy groups -OCH3 is 1. The zero-order chi connectivity index (χ0) is 42.4. The van der Waals surface area contributed by atoms with E-state index in [4.69, 9.17) is 23.9 Å². The molecule has 4 aliphatic heterocycles. The number of nitrogens with one attached hydrogen (secondary N) is 3. The average molecular weight is 805 g/mol. The first-order chi connectivity index (χ1) is 27.4. The van der Waals surface area contributed by atoms with E-state index in [0.717, 1.165) is 0 Å². The van der Waals surface area contributed by atoms with E-state index < -0.39 is 82.8 Å². The van der Waals surface area contributed by atoms with Crippen molar-refractivity contribution in [2.45, 2.75) is 104 Å². The third kappa shape index (κ3) is 7.56. The van der Waals surface area contributed by atoms with Crippen molar-refractivity contribution in [2.75, 3.05) is 30.8 Å². The fourth-order valence-corrected chi connectivity index (χ4v) is 8.57. The predicted molar refractivity (Wildman–Crippen MR) is 219 cm³/mol. The summed E-state index contributed by atoms with van der Waals surface area (Å²) < 4.78 is 23.9. The highest BCUT2D eigenvalue weighted by molar-refractivity contribution is 6.26. The van der Waals surface area contributed by atoms with Gasteiger partial charge in [0, 0.05) is 67.4 Å². The summed E-state index contributed by atoms with van der Waals surface area (Å²) in [7, 11) is 1.47. The van der Waals surface area contributed by atoms with Crippen LogP contribution in [0.2, 0.25) is 0 Å². The molecule has 1 saturated heterocycles. The van der Waals surface area contributed by atoms with Crippen molar-refractivity contribution in [3.8, 4) is 17.2 Å². The number of hydrogen-bond donors (Lipinski definition) is 7. The maximum absolute atomic E-state index is 14.7. The van der Waals surface area contributed by atoms with E-state index in [1.165, 1.54) is 27.2 Å². The molecule has 0 saturated carbocycles. The van der Waals surface area contributed by atoms with E-state index in [1.54, 1.807) is 72.1 Å². The Morgan fingerprint density at radius 1 is 0.948 bits per heavy atom. The van der Waals surface area contributed by atoms with Crippen LogP contribution in [0.1, 0.15) is 77.2 Å². The van der Waals surface area contributed by atoms with Crippen molar-refractivity contribution in [3.63, 3.8) is 0 Å². The molecule has 1 spiro atoms. The summed E-state index contributed by atoms with van der Waals surface area (Å²) in [5.74, 6) is -6.87. The highest BCUT2D eigenvalue weighted by Crippen LogP contribution is 2.58. The van der Waals surface area contributed by atoms with Crippen molar-refractivity contribution in [2.24, 2.45) is 28.7 Å². The molecule has 0 aliphatic carbocycles. The molecule has 0 aromatic heterocycles. The van der Waals surface area contributed by atoms with Gasteiger partial charge in [-0.15, -0.1) is 0 Å². The Kier molecular flexibility index (Phi) is 12.0. The molecule has 7 N–H and O–H groups in total. The summed E-state index contributed by atoms with van der Waals surface area (Å²) in [5, 5.41) is 56.4. The van der Waals surface area contributed by atoms with E-state index in [2.05, 4.69) is 16.0 Å². The number of phenols is 2. The van der Waals surface area contributed by atoms with Gasteiger partial charge >= 0.3 is 11.8 Å². The lowest BCUT2D eigenvalue weighted by atomic mass is 9.78. The molecule has 4 aliphatic rings. The normalized spacial score (nSPS) is 31.3. The number of rotatable bonds is 2. The second-order valence-corrected chi connectivity index (χ2v) is 16.4. The number of hydrogen-bond acceptors (Lipinski definition) is 14. The van der Waals surface area contributed by atoms with Crippen molar-refractivity contribution < 1.29 is 53.8 Å². The van der Waals surface area contributed by atoms with Crippen LogP contribution < -0.4 is 20.7 Å². The van der Waals surface area contributed by atoms with Gasteiger partial charge in [0.05, 0.1) is 46.7 Å². The Morgan fingerprint density at radius 2 is 1.64 bits per heavy atom. The van der Waals surface area contributed by atoms with Gasteiger partial charge in [-0.1, -0.05) is 45.9 Å². The number of piperidine rings is 1. The summed E-state index contributed by atoms with van der Waals surface area (Å²) in [4.78, 5) is 45.6. The van der Waals surface area contributed by atoms with Crippen LogP contribution in [0.15, 0.2) is 41.1 Å². The van der Waals surface area contributed by atoms with Crippen LogP contribution in [0.3, 0.4) is 0 Å². The number of carbonyl (C=O) groups is 3. The Labute approximate surface area is 338 Å². The molecule has 1 amide bonds. The number of Topliss-reactive ketones (excluding diaryl/α,β-unsaturated/α-hetero) is 1. The third-order valence-corrected chi connectivity index (χ3v) is 12.3. The number of allylic oxidation sites excluding steroid dienone is 2. The molecule has 314 valence electrons. The minimum atomic E-state index is -1.95. The van der Waals surface area contributed by atoms with Crippen LogP contribution in [0.4, 0.5) is 17.1 Å². The van der Waals surface area contributed by atoms with Gasteiger partial charge in [-0.2, -0.15) is 0 Å². The molecule has 1 fully saturated rings. The molecule has 4 bridgehead atoms. The summed E-state index contributed by atoms with van der Waals surface area (Å²) in [6, 6.07) is 0. The molecule has 15 heteroatoms. The molecule has 9 atom stereocenters. The standard InChI is InChI=1S/C43H56N4O11/c1-20-11-10-12-21(2)41(54)46-33-32-31(47-43(19-45-32)14-16-44-17-15-43)28-29(37(33)52)36(51)25(6)39-30(28)40(53)42(8,58-39)56-18-13-27(55-9)22(3)38(57-26(7)48)24(5)35(50)23(4)34(20)49/h10-13,18-20,22-24,27,34-35,38,44,47,49-52H,14-17H2,1-9H3,(H,46,54)/t20-,22+,23+,24+,27-,34-,35+,38+,42-/m0/s1. The number of aliphatic imine (C=N–C) groups is 1. The highest BCUT2D eigenvalue weighted by Gasteiger charge is 2.50. The molecule has 6 rings (SSSR count). The molecule has 4 heterocycles. The van der Waals surface area contributed by atoms with Crippen molar-refractivity contribution in [1.82, 2.24) is 5.32 Å². The molecule has 0 unspecified atom stereocenters. The fourth-order valence-electron chi connectivity index (χ4n) is 8.57. The molecule has 0 radical (unpaired) electrons. The Hall–Kier alpha value is -4.96. The van der Waals surface area contributed by atoms with Gasteiger partial charge in [0.25, 0.3) is 11.7 Å². The number of phenolic OH excluding ortho intramolecular Hbond substituents is 2. The molecular weight excluding hydrogens is 748 g/mol. The smallest absolute Gasteiger partial charge is 0.312 e. The topological polar surface area (TPSA) is 217 Å². The Morgan fingerprint density at radius 3 is 2.29 bits per heavy atom. The Balaban J connectivity index is 1.54. The highest BCUT2D eigenvalue weighted by atomic mass is 16.7. The lowest BCUT2D eigenvalue weighted by Gasteiger charge is -2.39. The van der Waals surface area contributed by atoms with Crippen LogP contribution in [0.25, 0.3) is 10.8 Å². The fraction of sp³-hybridized carbons (Fsp3) is 0.535. The third-order valence-electron chi connectivity index (χ3n) is 12.3. The van der Waals surface area contributed by atoms with Crippen molar-refractivity contribution >= 4 is 51.7 Å². The monoisotopic (exact) mass is 804 g/mol. The van der Waals surface area contributed by atoms with Gasteiger partial charge < -0.3 is 55.3 Å². The summed E-state index contributed by atoms with van der Waals surface area (Å²) in [6.07, 6.45) is 6.98. The number of amides is 1. The number of fused-ring (bicyclic) bond motifs is 1. The maximum atomic E-state index is 14.7. The van der Waals surface area contributed by atoms with Gasteiger partial charge in [0.1, 0.15) is 29.0 Å². The first kappa shape index (κ1) is 42.6. The number of ether oxygens (including phenoxy) is 4. The maximum Gasteiger partial charge on any atom is 0.312 e. The second kappa shape index (κ2) is 16.4. The van der Waals surface area contributed by atoms with E-state index in [9.17, 15) is 34.8 Å². The number of esters is 1. The minimum Gasteiger partial charge on any atom is -0.507 e. The van der Waals surface area contributed by atoms with Gasteiger partial charge in [0.15, 0.2) is 5.75 Å². The summed E-state index contributed by atoms with van der Waals surface area (Å²) >= 11 is 0. The van der Waals surface area contributed by atoms with Crippen LogP contribution in [0, 0.1) is 30.6 Å². The number of ketones is 1. The van der Waals surface area contributed by atoms with E-state index in [-0.39, 0.29) is 50.3 Å². The number of anilines is 2. The van der Waals surface area contributed by atoms with Gasteiger partial charge in [-0.25, -0.2) is 0 Å². The SMILES string of the molecule is CO[C@H]1C=CO[C@@]2(C)Oc3c(C)c(O)c4c(O)c(c5c(c4c3C2=O)NC2(C=N5)CCNCC2)NC(=O)C(C)=CC=C[C@H](C)[C@H](O)[C@@H](C)[C@@H](O)[C@@H](C)[C@H](OC(C)=O)[C@@H]1C. The molecular formula is C43H56N4O11. The lowest BCUT2D eigenvalue weighted by Crippen LogP contribution is -2.50. The molecule has 58 heavy (non-hydrogen) atoms. The predicted octanol–water partition coefficient (Wildman–Crippen LogP) is 5.30. The Bertz CT molecular complexity index is 2100. The van der Waals surface area contributed by atoms with Gasteiger partial charge in [-0.3, -0.25) is 19.4 Å². The number of aliphatic hydroxyl groups is 2. The molecule has 15 nitrogen and oxygen atoms in total. The number of aliphatic hydroxyl groups excluding tert-OH is 2. The van der Waals surface area contributed by atoms with Gasteiger partial charge in [0.2, 0.25) is 0 Å². The first-order valence-electron chi connectivity index (χ1n) is 19.8. The minimum absolute atomic E-state index is 0.0507. The average Bonchev–Trinajstić information content (AvgIpc) is 3.46. The molecule has 2 aromatic carbocycles. The zero-order valence-corrected chi connectivity index (χ0v) is 34.5. The van der Waals surface area contributed by atoms with Crippen LogP contribution in [0.5, 0.6) is 17.2 Å². The number of benzene rings is 2. The van der Waals surface area contributed by atoms with Crippen molar-refractivity contribution in [3.05, 3.63) is 47.3 Å². The molecule has 2 aromatic rings. The summed E-state index contributed by atoms with van der Waals surface area (Å²) in [6.45, 7) is 14.2. The lowest BCUT2D eigenvalue weighted by molar-refractivity contribution is -0.160. The quantitative estimate of drug-likeness (QED) is 0.117. The van der Waals surface area contributed by atoms with E-state index in [0.29, 0.717) is 31.6 Å². The number of aromatic hydroxyl groups is 2. The van der Waals surface area contributed by atoms with Crippen molar-refractivity contribution in [1.29, 1.82) is 0 Å². The van der Waals surface area contributed by atoms with Crippen LogP contribution in [-0.2, 0) is 23.8 Å². The van der Waals surface area contributed by atoms with Gasteiger partial charge in [-0.05, 0) is 45.9 Å². The zero-order valence-electron chi connectivity index (χ0n) is 34.5. The summed E-state index contributed by atoms with van der Waals surface area (Å²) in [5.41, 5.74) is 0.238. The van der Waals surface area contributed by atoms with E-state index in [1.807, 2.05) is 0 Å². The first-order valence-corrected chi connectivity index (χ1v) is 19.8. The largest absolute Gasteiger partial charge is 0.507 e. The number of nitrogens with zero attached hydrogens (tertiary/aromatic N) is 1. The number of carbonyl (C=O) groups excluding carboxylic acids is 3. The van der Waals surface area contributed by atoms with Crippen LogP contribution in [-0.4, -0.2) is 100 Å². The second-order valence-electron chi connectivity index (χ2n) is 16.4. The van der Waals surface area contributed by atoms with E-state index >= 15 is 0 Å². The van der Waals surface area contributed by atoms with Crippen LogP contribution >= 0.6 is 0 Å².